The number of carbonyl (C=O) groups excluding carboxylic acids is 1. The Labute approximate surface area is 92.6 Å². The molecule has 1 aromatic rings. The minimum absolute atomic E-state index is 0.263. The van der Waals surface area contributed by atoms with Crippen LogP contribution in [0.3, 0.4) is 0 Å². The number of allylic oxidation sites excluding steroid dienone is 2. The SMILES string of the molecule is Cc1cc(F)cc2c1CC/C2=C\C(=O)Cl. The van der Waals surface area contributed by atoms with E-state index in [0.29, 0.717) is 0 Å². The molecular formula is C12H10ClFO. The summed E-state index contributed by atoms with van der Waals surface area (Å²) in [7, 11) is 0. The van der Waals surface area contributed by atoms with Gasteiger partial charge in [0.25, 0.3) is 0 Å². The van der Waals surface area contributed by atoms with Crippen molar-refractivity contribution in [1.82, 2.24) is 0 Å². The predicted octanol–water partition coefficient (Wildman–Crippen LogP) is 3.23. The summed E-state index contributed by atoms with van der Waals surface area (Å²) >= 11 is 5.29. The zero-order valence-corrected chi connectivity index (χ0v) is 9.07. The number of benzene rings is 1. The maximum atomic E-state index is 13.2. The van der Waals surface area contributed by atoms with Gasteiger partial charge < -0.3 is 0 Å². The van der Waals surface area contributed by atoms with Gasteiger partial charge in [0.2, 0.25) is 5.24 Å². The third kappa shape index (κ3) is 1.95. The fourth-order valence-corrected chi connectivity index (χ4v) is 2.20. The molecule has 0 atom stereocenters. The first-order valence-corrected chi connectivity index (χ1v) is 5.15. The standard InChI is InChI=1S/C12H10ClFO/c1-7-4-9(14)6-11-8(5-12(13)15)2-3-10(7)11/h4-6H,2-3H2,1H3/b8-5+. The van der Waals surface area contributed by atoms with Crippen LogP contribution in [0.2, 0.25) is 0 Å². The maximum absolute atomic E-state index is 13.2. The van der Waals surface area contributed by atoms with Crippen LogP contribution in [-0.4, -0.2) is 5.24 Å². The van der Waals surface area contributed by atoms with Crippen LogP contribution in [0.5, 0.6) is 0 Å². The zero-order chi connectivity index (χ0) is 11.0. The molecule has 15 heavy (non-hydrogen) atoms. The minimum atomic E-state index is -0.500. The first-order valence-electron chi connectivity index (χ1n) is 4.77. The highest BCUT2D eigenvalue weighted by Gasteiger charge is 2.19. The van der Waals surface area contributed by atoms with E-state index in [2.05, 4.69) is 0 Å². The minimum Gasteiger partial charge on any atom is -0.276 e. The molecular weight excluding hydrogens is 215 g/mol. The van der Waals surface area contributed by atoms with Crippen molar-refractivity contribution in [3.63, 3.8) is 0 Å². The van der Waals surface area contributed by atoms with Gasteiger partial charge >= 0.3 is 0 Å². The average Bonchev–Trinajstić information content (AvgIpc) is 2.48. The van der Waals surface area contributed by atoms with Crippen molar-refractivity contribution < 1.29 is 9.18 Å². The van der Waals surface area contributed by atoms with Gasteiger partial charge in [0, 0.05) is 6.08 Å². The van der Waals surface area contributed by atoms with Gasteiger partial charge in [-0.25, -0.2) is 4.39 Å². The number of carbonyl (C=O) groups is 1. The molecule has 0 heterocycles. The molecule has 3 heteroatoms. The van der Waals surface area contributed by atoms with Crippen LogP contribution in [0.1, 0.15) is 23.1 Å². The van der Waals surface area contributed by atoms with Crippen molar-refractivity contribution >= 4 is 22.4 Å². The molecule has 0 radical (unpaired) electrons. The van der Waals surface area contributed by atoms with Crippen molar-refractivity contribution in [2.24, 2.45) is 0 Å². The van der Waals surface area contributed by atoms with Gasteiger partial charge in [0.1, 0.15) is 5.82 Å². The van der Waals surface area contributed by atoms with Crippen molar-refractivity contribution in [3.8, 4) is 0 Å². The molecule has 0 aromatic heterocycles. The Bertz CT molecular complexity index is 463. The first-order chi connectivity index (χ1) is 7.08. The summed E-state index contributed by atoms with van der Waals surface area (Å²) in [4.78, 5) is 10.8. The second kappa shape index (κ2) is 3.78. The Kier molecular flexibility index (Phi) is 2.61. The van der Waals surface area contributed by atoms with Crippen LogP contribution < -0.4 is 0 Å². The second-order valence-corrected chi connectivity index (χ2v) is 4.10. The lowest BCUT2D eigenvalue weighted by atomic mass is 10.0. The summed E-state index contributed by atoms with van der Waals surface area (Å²) in [6.07, 6.45) is 3.00. The highest BCUT2D eigenvalue weighted by molar-refractivity contribution is 6.67. The third-order valence-electron chi connectivity index (χ3n) is 2.72. The van der Waals surface area contributed by atoms with Crippen LogP contribution in [0.15, 0.2) is 18.2 Å². The number of hydrogen-bond acceptors (Lipinski definition) is 1. The van der Waals surface area contributed by atoms with Crippen molar-refractivity contribution in [2.75, 3.05) is 0 Å². The molecule has 0 N–H and O–H groups in total. The van der Waals surface area contributed by atoms with Crippen molar-refractivity contribution in [2.45, 2.75) is 19.8 Å². The van der Waals surface area contributed by atoms with Crippen molar-refractivity contribution in [1.29, 1.82) is 0 Å². The quantitative estimate of drug-likeness (QED) is 0.529. The maximum Gasteiger partial charge on any atom is 0.245 e. The lowest BCUT2D eigenvalue weighted by Gasteiger charge is -2.04. The number of hydrogen-bond donors (Lipinski definition) is 0. The van der Waals surface area contributed by atoms with E-state index in [1.807, 2.05) is 6.92 Å². The normalized spacial score (nSPS) is 16.9. The summed E-state index contributed by atoms with van der Waals surface area (Å²) in [6.45, 7) is 1.88. The Hall–Kier alpha value is -1.15. The molecule has 1 aliphatic rings. The largest absolute Gasteiger partial charge is 0.276 e. The average molecular weight is 225 g/mol. The molecule has 78 valence electrons. The Morgan fingerprint density at radius 3 is 2.87 bits per heavy atom. The molecule has 0 aliphatic heterocycles. The van der Waals surface area contributed by atoms with E-state index in [0.717, 1.165) is 35.1 Å². The smallest absolute Gasteiger partial charge is 0.245 e. The van der Waals surface area contributed by atoms with Crippen LogP contribution in [0, 0.1) is 12.7 Å². The summed E-state index contributed by atoms with van der Waals surface area (Å²) in [5.74, 6) is -0.263. The van der Waals surface area contributed by atoms with E-state index in [1.165, 1.54) is 18.2 Å². The van der Waals surface area contributed by atoms with Gasteiger partial charge in [-0.05, 0) is 65.8 Å². The van der Waals surface area contributed by atoms with E-state index >= 15 is 0 Å². The number of rotatable bonds is 1. The number of halogens is 2. The van der Waals surface area contributed by atoms with Gasteiger partial charge in [-0.1, -0.05) is 0 Å². The molecule has 1 aliphatic carbocycles. The second-order valence-electron chi connectivity index (χ2n) is 3.72. The number of aryl methyl sites for hydroxylation is 1. The van der Waals surface area contributed by atoms with Gasteiger partial charge in [-0.2, -0.15) is 0 Å². The summed E-state index contributed by atoms with van der Waals surface area (Å²) in [5, 5.41) is -0.500. The van der Waals surface area contributed by atoms with Crippen LogP contribution in [-0.2, 0) is 11.2 Å². The molecule has 0 saturated carbocycles. The van der Waals surface area contributed by atoms with E-state index in [4.69, 9.17) is 11.6 Å². The molecule has 0 spiro atoms. The fraction of sp³-hybridized carbons (Fsp3) is 0.250. The molecule has 0 unspecified atom stereocenters. The summed E-state index contributed by atoms with van der Waals surface area (Å²) < 4.78 is 13.2. The van der Waals surface area contributed by atoms with Gasteiger partial charge in [0.15, 0.2) is 0 Å². The highest BCUT2D eigenvalue weighted by Crippen LogP contribution is 2.34. The monoisotopic (exact) mass is 224 g/mol. The zero-order valence-electron chi connectivity index (χ0n) is 8.31. The fourth-order valence-electron chi connectivity index (χ4n) is 2.07. The predicted molar refractivity (Wildman–Crippen MR) is 58.3 cm³/mol. The summed E-state index contributed by atoms with van der Waals surface area (Å²) in [5.41, 5.74) is 3.74. The third-order valence-corrected chi connectivity index (χ3v) is 2.82. The van der Waals surface area contributed by atoms with Crippen LogP contribution in [0.4, 0.5) is 4.39 Å². The molecule has 0 bridgehead atoms. The molecule has 0 amide bonds. The molecule has 1 nitrogen and oxygen atoms in total. The van der Waals surface area contributed by atoms with Gasteiger partial charge in [-0.3, -0.25) is 4.79 Å². The van der Waals surface area contributed by atoms with Crippen LogP contribution >= 0.6 is 11.6 Å². The van der Waals surface area contributed by atoms with Gasteiger partial charge in [0.05, 0.1) is 0 Å². The van der Waals surface area contributed by atoms with E-state index in [9.17, 15) is 9.18 Å². The van der Waals surface area contributed by atoms with E-state index in [1.54, 1.807) is 0 Å². The van der Waals surface area contributed by atoms with E-state index < -0.39 is 5.24 Å². The lowest BCUT2D eigenvalue weighted by molar-refractivity contribution is -0.107. The molecule has 0 saturated heterocycles. The molecule has 1 aromatic carbocycles. The Morgan fingerprint density at radius 1 is 1.47 bits per heavy atom. The van der Waals surface area contributed by atoms with Crippen LogP contribution in [0.25, 0.3) is 5.57 Å². The highest BCUT2D eigenvalue weighted by atomic mass is 35.5. The van der Waals surface area contributed by atoms with Crippen molar-refractivity contribution in [3.05, 3.63) is 40.7 Å². The van der Waals surface area contributed by atoms with E-state index in [-0.39, 0.29) is 5.82 Å². The topological polar surface area (TPSA) is 17.1 Å². The first kappa shape index (κ1) is 10.4. The Morgan fingerprint density at radius 2 is 2.20 bits per heavy atom. The van der Waals surface area contributed by atoms with Gasteiger partial charge in [-0.15, -0.1) is 0 Å². The Balaban J connectivity index is 2.55. The summed E-state index contributed by atoms with van der Waals surface area (Å²) in [6, 6.07) is 2.99. The lowest BCUT2D eigenvalue weighted by Crippen LogP contribution is -1.90. The number of fused-ring (bicyclic) bond motifs is 1. The molecule has 0 fully saturated rings. The molecule has 2 rings (SSSR count).